The maximum absolute atomic E-state index is 11.7. The number of nitrogens with zero attached hydrogens (tertiary/aromatic N) is 1. The van der Waals surface area contributed by atoms with Crippen molar-refractivity contribution in [3.63, 3.8) is 0 Å². The van der Waals surface area contributed by atoms with Gasteiger partial charge in [0.05, 0.1) is 11.4 Å². The van der Waals surface area contributed by atoms with Crippen LogP contribution in [0.25, 0.3) is 0 Å². The minimum atomic E-state index is -3.35. The second-order valence-electron chi connectivity index (χ2n) is 4.01. The minimum Gasteiger partial charge on any atom is -0.338 e. The number of hydrogen-bond donors (Lipinski definition) is 2. The summed E-state index contributed by atoms with van der Waals surface area (Å²) in [7, 11) is -3.35. The van der Waals surface area contributed by atoms with Crippen LogP contribution in [0.2, 0.25) is 0 Å². The van der Waals surface area contributed by atoms with Crippen LogP contribution in [0.3, 0.4) is 0 Å². The van der Waals surface area contributed by atoms with Gasteiger partial charge in [0.25, 0.3) is 0 Å². The molecule has 0 radical (unpaired) electrons. The summed E-state index contributed by atoms with van der Waals surface area (Å²) >= 11 is 0. The van der Waals surface area contributed by atoms with E-state index in [1.807, 2.05) is 0 Å². The highest BCUT2D eigenvalue weighted by Crippen LogP contribution is 2.13. The number of anilines is 1. The summed E-state index contributed by atoms with van der Waals surface area (Å²) in [4.78, 5) is 0. The molecule has 1 fully saturated rings. The first-order valence-corrected chi connectivity index (χ1v) is 6.87. The van der Waals surface area contributed by atoms with Crippen LogP contribution in [-0.2, 0) is 10.0 Å². The first-order chi connectivity index (χ1) is 7.55. The van der Waals surface area contributed by atoms with Gasteiger partial charge in [0, 0.05) is 12.1 Å². The molecule has 1 unspecified atom stereocenters. The molecule has 2 N–H and O–H groups in total. The first-order valence-electron chi connectivity index (χ1n) is 5.22. The smallest absolute Gasteiger partial charge is 0.238 e. The average molecular weight is 245 g/mol. The Hall–Kier alpha value is -1.08. The molecule has 1 aromatic rings. The summed E-state index contributed by atoms with van der Waals surface area (Å²) in [6, 6.07) is 1.60. The monoisotopic (exact) mass is 245 g/mol. The summed E-state index contributed by atoms with van der Waals surface area (Å²) in [5, 5.41) is 6.75. The van der Waals surface area contributed by atoms with Crippen molar-refractivity contribution in [2.45, 2.75) is 25.8 Å². The number of hydrogen-bond acceptors (Lipinski definition) is 5. The van der Waals surface area contributed by atoms with Gasteiger partial charge in [-0.2, -0.15) is 0 Å². The van der Waals surface area contributed by atoms with Crippen LogP contribution >= 0.6 is 0 Å². The van der Waals surface area contributed by atoms with E-state index in [4.69, 9.17) is 4.52 Å². The molecule has 1 aliphatic rings. The molecule has 0 aromatic carbocycles. The summed E-state index contributed by atoms with van der Waals surface area (Å²) in [6.45, 7) is 2.63. The number of rotatable bonds is 4. The lowest BCUT2D eigenvalue weighted by molar-refractivity contribution is 0.430. The molecule has 16 heavy (non-hydrogen) atoms. The molecule has 0 aliphatic carbocycles. The Labute approximate surface area is 94.4 Å². The Kier molecular flexibility index (Phi) is 3.15. The molecule has 1 aliphatic heterocycles. The fourth-order valence-corrected chi connectivity index (χ4v) is 3.07. The minimum absolute atomic E-state index is 0.0431. The van der Waals surface area contributed by atoms with E-state index in [0.29, 0.717) is 5.69 Å². The Morgan fingerprint density at radius 2 is 2.50 bits per heavy atom. The Morgan fingerprint density at radius 3 is 3.06 bits per heavy atom. The summed E-state index contributed by atoms with van der Waals surface area (Å²) in [6.07, 6.45) is 1.93. The molecule has 90 valence electrons. The first kappa shape index (κ1) is 11.4. The second kappa shape index (κ2) is 4.42. The third-order valence-electron chi connectivity index (χ3n) is 2.47. The van der Waals surface area contributed by atoms with E-state index in [2.05, 4.69) is 15.2 Å². The third kappa shape index (κ3) is 2.96. The van der Waals surface area contributed by atoms with Gasteiger partial charge in [-0.05, 0) is 26.3 Å². The molecule has 1 atom stereocenters. The molecule has 0 saturated carbocycles. The van der Waals surface area contributed by atoms with Crippen molar-refractivity contribution in [2.24, 2.45) is 0 Å². The van der Waals surface area contributed by atoms with Crippen molar-refractivity contribution >= 4 is 15.9 Å². The fourth-order valence-electron chi connectivity index (χ4n) is 1.77. The zero-order chi connectivity index (χ0) is 11.6. The van der Waals surface area contributed by atoms with E-state index in [1.54, 1.807) is 13.0 Å². The van der Waals surface area contributed by atoms with E-state index in [1.165, 1.54) is 0 Å². The molecular weight excluding hydrogens is 230 g/mol. The van der Waals surface area contributed by atoms with Gasteiger partial charge in [0.15, 0.2) is 0 Å². The van der Waals surface area contributed by atoms with Crippen molar-refractivity contribution in [3.05, 3.63) is 11.8 Å². The van der Waals surface area contributed by atoms with Crippen LogP contribution in [0.4, 0.5) is 5.88 Å². The van der Waals surface area contributed by atoms with Gasteiger partial charge in [-0.25, -0.2) is 8.42 Å². The van der Waals surface area contributed by atoms with Gasteiger partial charge in [0.1, 0.15) is 0 Å². The molecule has 0 spiro atoms. The van der Waals surface area contributed by atoms with Gasteiger partial charge in [0.2, 0.25) is 15.9 Å². The maximum Gasteiger partial charge on any atom is 0.238 e. The van der Waals surface area contributed by atoms with Gasteiger partial charge >= 0.3 is 0 Å². The number of aromatic nitrogens is 1. The largest absolute Gasteiger partial charge is 0.338 e. The van der Waals surface area contributed by atoms with Crippen molar-refractivity contribution in [1.82, 2.24) is 10.5 Å². The molecule has 6 nitrogen and oxygen atoms in total. The standard InChI is InChI=1S/C9H15N3O3S/c1-7-5-9(15-11-7)12-16(13,14)6-8-3-2-4-10-8/h5,8,10,12H,2-4,6H2,1H3. The number of sulfonamides is 1. The van der Waals surface area contributed by atoms with Crippen LogP contribution in [0, 0.1) is 6.92 Å². The molecule has 1 saturated heterocycles. The Balaban J connectivity index is 1.96. The topological polar surface area (TPSA) is 84.2 Å². The summed E-state index contributed by atoms with van der Waals surface area (Å²) < 4.78 is 30.6. The summed E-state index contributed by atoms with van der Waals surface area (Å²) in [5.41, 5.74) is 0.650. The highest BCUT2D eigenvalue weighted by molar-refractivity contribution is 7.92. The van der Waals surface area contributed by atoms with Crippen LogP contribution < -0.4 is 10.0 Å². The van der Waals surface area contributed by atoms with Crippen LogP contribution in [0.1, 0.15) is 18.5 Å². The van der Waals surface area contributed by atoms with E-state index in [0.717, 1.165) is 19.4 Å². The molecule has 0 amide bonds. The average Bonchev–Trinajstić information content (AvgIpc) is 2.76. The highest BCUT2D eigenvalue weighted by atomic mass is 32.2. The van der Waals surface area contributed by atoms with Crippen molar-refractivity contribution in [2.75, 3.05) is 17.0 Å². The van der Waals surface area contributed by atoms with E-state index in [9.17, 15) is 8.42 Å². The Bertz CT molecular complexity index is 448. The van der Waals surface area contributed by atoms with E-state index >= 15 is 0 Å². The number of aryl methyl sites for hydroxylation is 1. The molecule has 7 heteroatoms. The Morgan fingerprint density at radius 1 is 1.69 bits per heavy atom. The molecule has 2 heterocycles. The van der Waals surface area contributed by atoms with Crippen LogP contribution in [0.5, 0.6) is 0 Å². The predicted octanol–water partition coefficient (Wildman–Crippen LogP) is 0.477. The lowest BCUT2D eigenvalue weighted by atomic mass is 10.3. The molecular formula is C9H15N3O3S. The van der Waals surface area contributed by atoms with E-state index in [-0.39, 0.29) is 17.7 Å². The number of nitrogens with one attached hydrogen (secondary N) is 2. The summed E-state index contributed by atoms with van der Waals surface area (Å²) in [5.74, 6) is 0.253. The highest BCUT2D eigenvalue weighted by Gasteiger charge is 2.22. The van der Waals surface area contributed by atoms with Gasteiger partial charge in [-0.15, -0.1) is 0 Å². The molecule has 1 aromatic heterocycles. The zero-order valence-electron chi connectivity index (χ0n) is 9.06. The normalized spacial score (nSPS) is 21.2. The third-order valence-corrected chi connectivity index (χ3v) is 3.82. The maximum atomic E-state index is 11.7. The van der Waals surface area contributed by atoms with Gasteiger partial charge in [-0.3, -0.25) is 4.72 Å². The SMILES string of the molecule is Cc1cc(NS(=O)(=O)CC2CCCN2)on1. The predicted molar refractivity (Wildman–Crippen MR) is 59.7 cm³/mol. The van der Waals surface area contributed by atoms with Crippen molar-refractivity contribution in [1.29, 1.82) is 0 Å². The fraction of sp³-hybridized carbons (Fsp3) is 0.667. The zero-order valence-corrected chi connectivity index (χ0v) is 9.88. The van der Waals surface area contributed by atoms with Crippen molar-refractivity contribution in [3.8, 4) is 0 Å². The van der Waals surface area contributed by atoms with Crippen molar-refractivity contribution < 1.29 is 12.9 Å². The lowest BCUT2D eigenvalue weighted by Gasteiger charge is -2.10. The molecule has 0 bridgehead atoms. The van der Waals surface area contributed by atoms with Gasteiger partial charge < -0.3 is 9.84 Å². The van der Waals surface area contributed by atoms with Crippen LogP contribution in [0.15, 0.2) is 10.6 Å². The van der Waals surface area contributed by atoms with E-state index < -0.39 is 10.0 Å². The van der Waals surface area contributed by atoms with Gasteiger partial charge in [-0.1, -0.05) is 5.16 Å². The lowest BCUT2D eigenvalue weighted by Crippen LogP contribution is -2.32. The quantitative estimate of drug-likeness (QED) is 0.806. The van der Waals surface area contributed by atoms with Crippen LogP contribution in [-0.4, -0.2) is 31.9 Å². The molecule has 2 rings (SSSR count). The second-order valence-corrected chi connectivity index (χ2v) is 5.78.